The number of aromatic hydroxyl groups is 1. The first-order valence-corrected chi connectivity index (χ1v) is 10.7. The van der Waals surface area contributed by atoms with Gasteiger partial charge in [0.15, 0.2) is 0 Å². The second kappa shape index (κ2) is 9.22. The molecule has 1 fully saturated rings. The molecular weight excluding hydrogens is 430 g/mol. The molecule has 32 heavy (non-hydrogen) atoms. The van der Waals surface area contributed by atoms with Gasteiger partial charge in [-0.15, -0.1) is 12.4 Å². The molecule has 0 saturated carbocycles. The van der Waals surface area contributed by atoms with Crippen molar-refractivity contribution >= 4 is 18.3 Å². The lowest BCUT2D eigenvalue weighted by Crippen LogP contribution is -2.36. The van der Waals surface area contributed by atoms with Crippen molar-refractivity contribution in [1.82, 2.24) is 15.1 Å². The van der Waals surface area contributed by atoms with Gasteiger partial charge in [-0.25, -0.2) is 0 Å². The van der Waals surface area contributed by atoms with Gasteiger partial charge in [0.2, 0.25) is 0 Å². The van der Waals surface area contributed by atoms with Gasteiger partial charge in [-0.2, -0.15) is 5.10 Å². The summed E-state index contributed by atoms with van der Waals surface area (Å²) in [5.74, 6) is 0.820. The van der Waals surface area contributed by atoms with Gasteiger partial charge in [0.25, 0.3) is 5.91 Å². The highest BCUT2D eigenvalue weighted by atomic mass is 35.5. The number of hydrogen-bond donors (Lipinski definition) is 2. The van der Waals surface area contributed by atoms with Crippen LogP contribution in [0, 0.1) is 0 Å². The molecule has 2 unspecified atom stereocenters. The Kier molecular flexibility index (Phi) is 6.39. The minimum atomic E-state index is -0.323. The lowest BCUT2D eigenvalue weighted by atomic mass is 9.95. The van der Waals surface area contributed by atoms with Crippen LogP contribution in [0.4, 0.5) is 0 Å². The molecule has 3 heterocycles. The predicted molar refractivity (Wildman–Crippen MR) is 122 cm³/mol. The van der Waals surface area contributed by atoms with E-state index in [1.807, 2.05) is 48.2 Å². The van der Waals surface area contributed by atoms with Gasteiger partial charge in [-0.05, 0) is 49.6 Å². The Morgan fingerprint density at radius 3 is 2.69 bits per heavy atom. The molecule has 5 rings (SSSR count). The van der Waals surface area contributed by atoms with E-state index in [9.17, 15) is 9.90 Å². The number of rotatable bonds is 6. The van der Waals surface area contributed by atoms with E-state index in [2.05, 4.69) is 10.2 Å². The highest BCUT2D eigenvalue weighted by molar-refractivity contribution is 6.00. The van der Waals surface area contributed by atoms with Crippen molar-refractivity contribution in [3.05, 3.63) is 65.4 Å². The van der Waals surface area contributed by atoms with Crippen molar-refractivity contribution in [2.45, 2.75) is 31.9 Å². The van der Waals surface area contributed by atoms with E-state index in [1.165, 1.54) is 0 Å². The fraction of sp³-hybridized carbons (Fsp3) is 0.333. The second-order valence-corrected chi connectivity index (χ2v) is 7.88. The monoisotopic (exact) mass is 455 g/mol. The summed E-state index contributed by atoms with van der Waals surface area (Å²) in [6, 6.07) is 14.6. The number of nitrogens with one attached hydrogen (secondary N) is 1. The minimum absolute atomic E-state index is 0. The number of fused-ring (bicyclic) bond motifs is 1. The number of carbonyl (C=O) groups is 1. The zero-order valence-electron chi connectivity index (χ0n) is 17.8. The molecule has 2 aliphatic heterocycles. The molecule has 1 saturated heterocycles. The van der Waals surface area contributed by atoms with Crippen LogP contribution in [0.1, 0.15) is 47.4 Å². The summed E-state index contributed by atoms with van der Waals surface area (Å²) in [4.78, 5) is 15.2. The largest absolute Gasteiger partial charge is 0.507 e. The lowest BCUT2D eigenvalue weighted by Gasteiger charge is -2.28. The summed E-state index contributed by atoms with van der Waals surface area (Å²) >= 11 is 0. The highest BCUT2D eigenvalue weighted by Gasteiger charge is 2.43. The van der Waals surface area contributed by atoms with E-state index in [4.69, 9.17) is 9.47 Å². The number of nitrogens with zero attached hydrogens (tertiary/aromatic N) is 2. The molecule has 2 aliphatic rings. The molecule has 168 valence electrons. The van der Waals surface area contributed by atoms with Crippen molar-refractivity contribution in [3.63, 3.8) is 0 Å². The van der Waals surface area contributed by atoms with Crippen LogP contribution in [-0.4, -0.2) is 52.0 Å². The van der Waals surface area contributed by atoms with Crippen molar-refractivity contribution in [2.24, 2.45) is 0 Å². The maximum Gasteiger partial charge on any atom is 0.273 e. The maximum atomic E-state index is 13.4. The third-order valence-corrected chi connectivity index (χ3v) is 5.95. The maximum absolute atomic E-state index is 13.4. The molecule has 2 N–H and O–H groups in total. The Labute approximate surface area is 192 Å². The standard InChI is InChI=1S/C24H25N3O4.ClH/c1-2-30-16-11-9-15(10-12-16)23-20-21(18-7-3-4-8-19(18)28)25-26-22(20)24(29)27(23)14-17-6-5-13-31-17;/h3-4,7-12,17,23,28H,2,5-6,13-14H2,1H3,(H,25,26);1H. The quantitative estimate of drug-likeness (QED) is 0.577. The second-order valence-electron chi connectivity index (χ2n) is 7.88. The summed E-state index contributed by atoms with van der Waals surface area (Å²) in [5.41, 5.74) is 3.41. The van der Waals surface area contributed by atoms with Gasteiger partial charge in [-0.1, -0.05) is 24.3 Å². The summed E-state index contributed by atoms with van der Waals surface area (Å²) < 4.78 is 11.4. The first kappa shape index (κ1) is 22.2. The van der Waals surface area contributed by atoms with Gasteiger partial charge in [0.05, 0.1) is 18.8 Å². The number of aromatic nitrogens is 2. The molecule has 0 aliphatic carbocycles. The van der Waals surface area contributed by atoms with Crippen molar-refractivity contribution in [1.29, 1.82) is 0 Å². The molecule has 0 bridgehead atoms. The molecule has 0 spiro atoms. The lowest BCUT2D eigenvalue weighted by molar-refractivity contribution is 0.0495. The highest BCUT2D eigenvalue weighted by Crippen LogP contribution is 2.45. The zero-order valence-corrected chi connectivity index (χ0v) is 18.6. The number of phenols is 1. The van der Waals surface area contributed by atoms with Gasteiger partial charge < -0.3 is 19.5 Å². The Morgan fingerprint density at radius 1 is 1.22 bits per heavy atom. The van der Waals surface area contributed by atoms with E-state index >= 15 is 0 Å². The van der Waals surface area contributed by atoms with E-state index in [0.717, 1.165) is 36.3 Å². The van der Waals surface area contributed by atoms with Crippen LogP contribution >= 0.6 is 12.4 Å². The fourth-order valence-corrected chi connectivity index (χ4v) is 4.53. The molecule has 2 atom stereocenters. The van der Waals surface area contributed by atoms with E-state index in [-0.39, 0.29) is 36.2 Å². The van der Waals surface area contributed by atoms with Crippen molar-refractivity contribution in [3.8, 4) is 22.8 Å². The molecule has 1 aromatic heterocycles. The van der Waals surface area contributed by atoms with Crippen LogP contribution in [0.3, 0.4) is 0 Å². The Morgan fingerprint density at radius 2 is 2.00 bits per heavy atom. The predicted octanol–water partition coefficient (Wildman–Crippen LogP) is 4.33. The molecule has 0 radical (unpaired) electrons. The summed E-state index contributed by atoms with van der Waals surface area (Å²) in [6.45, 7) is 3.79. The number of para-hydroxylation sites is 1. The SMILES string of the molecule is CCOc1ccc(C2c3c(-c4ccccc4O)n[nH]c3C(=O)N2CC2CCCO2)cc1.Cl. The number of carbonyl (C=O) groups excluding carboxylic acids is 1. The van der Waals surface area contributed by atoms with Gasteiger partial charge in [-0.3, -0.25) is 9.89 Å². The number of phenolic OH excluding ortho intramolecular Hbond substituents is 1. The van der Waals surface area contributed by atoms with E-state index in [0.29, 0.717) is 30.1 Å². The number of amides is 1. The van der Waals surface area contributed by atoms with Crippen LogP contribution < -0.4 is 4.74 Å². The smallest absolute Gasteiger partial charge is 0.273 e. The number of benzene rings is 2. The molecule has 7 nitrogen and oxygen atoms in total. The van der Waals surface area contributed by atoms with E-state index < -0.39 is 0 Å². The number of halogens is 1. The van der Waals surface area contributed by atoms with Crippen LogP contribution in [0.25, 0.3) is 11.3 Å². The van der Waals surface area contributed by atoms with Crippen LogP contribution in [-0.2, 0) is 4.74 Å². The number of hydrogen-bond acceptors (Lipinski definition) is 5. The molecule has 8 heteroatoms. The number of H-pyrrole nitrogens is 1. The summed E-state index contributed by atoms with van der Waals surface area (Å²) in [7, 11) is 0. The number of aromatic amines is 1. The zero-order chi connectivity index (χ0) is 21.4. The van der Waals surface area contributed by atoms with Gasteiger partial charge in [0.1, 0.15) is 22.9 Å². The van der Waals surface area contributed by atoms with Crippen molar-refractivity contribution in [2.75, 3.05) is 19.8 Å². The molecule has 2 aromatic carbocycles. The summed E-state index contributed by atoms with van der Waals surface area (Å²) in [5, 5.41) is 17.8. The third kappa shape index (κ3) is 3.82. The average Bonchev–Trinajstić information content (AvgIpc) is 3.50. The normalized spacial score (nSPS) is 19.7. The Bertz CT molecular complexity index is 1090. The van der Waals surface area contributed by atoms with Crippen LogP contribution in [0.5, 0.6) is 11.5 Å². The molecule has 3 aromatic rings. The molecule has 1 amide bonds. The fourth-order valence-electron chi connectivity index (χ4n) is 4.53. The third-order valence-electron chi connectivity index (χ3n) is 5.95. The first-order chi connectivity index (χ1) is 15.2. The molecular formula is C24H26ClN3O4. The van der Waals surface area contributed by atoms with E-state index in [1.54, 1.807) is 12.1 Å². The first-order valence-electron chi connectivity index (χ1n) is 10.7. The Balaban J connectivity index is 0.00000245. The van der Waals surface area contributed by atoms with Gasteiger partial charge in [0, 0.05) is 24.3 Å². The topological polar surface area (TPSA) is 87.7 Å². The van der Waals surface area contributed by atoms with Crippen LogP contribution in [0.15, 0.2) is 48.5 Å². The van der Waals surface area contributed by atoms with Gasteiger partial charge >= 0.3 is 0 Å². The Hall–Kier alpha value is -3.03. The minimum Gasteiger partial charge on any atom is -0.507 e. The summed E-state index contributed by atoms with van der Waals surface area (Å²) in [6.07, 6.45) is 1.98. The van der Waals surface area contributed by atoms with Crippen LogP contribution in [0.2, 0.25) is 0 Å². The average molecular weight is 456 g/mol. The number of ether oxygens (including phenoxy) is 2. The van der Waals surface area contributed by atoms with Crippen molar-refractivity contribution < 1.29 is 19.4 Å².